The first kappa shape index (κ1) is 22.8. The summed E-state index contributed by atoms with van der Waals surface area (Å²) in [4.78, 5) is 15.1. The Labute approximate surface area is 184 Å². The van der Waals surface area contributed by atoms with E-state index in [1.54, 1.807) is 18.2 Å². The summed E-state index contributed by atoms with van der Waals surface area (Å²) in [6.07, 6.45) is 0. The maximum Gasteiger partial charge on any atom is 0.266 e. The van der Waals surface area contributed by atoms with Crippen LogP contribution < -0.4 is 4.72 Å². The van der Waals surface area contributed by atoms with Gasteiger partial charge in [0, 0.05) is 17.9 Å². The number of benzene rings is 2. The predicted molar refractivity (Wildman–Crippen MR) is 123 cm³/mol. The average Bonchev–Trinajstić information content (AvgIpc) is 3.00. The van der Waals surface area contributed by atoms with Crippen LogP contribution in [0.25, 0.3) is 0 Å². The highest BCUT2D eigenvalue weighted by molar-refractivity contribution is 7.90. The molecule has 6 nitrogen and oxygen atoms in total. The molecule has 1 amide bonds. The van der Waals surface area contributed by atoms with Crippen molar-refractivity contribution in [3.63, 3.8) is 0 Å². The molecule has 7 heteroatoms. The zero-order valence-electron chi connectivity index (χ0n) is 18.6. The SMILES string of the molecule is Cc1ccc(S(=O)(=O)NC(=O)c2cc(C)n(C[C@@H](c3ccccc3)N(C)C)c2C)cc1. The van der Waals surface area contributed by atoms with Gasteiger partial charge in [-0.3, -0.25) is 4.79 Å². The Hall–Kier alpha value is -2.90. The summed E-state index contributed by atoms with van der Waals surface area (Å²) in [5.41, 5.74) is 4.12. The van der Waals surface area contributed by atoms with Crippen molar-refractivity contribution in [2.75, 3.05) is 14.1 Å². The first-order valence-corrected chi connectivity index (χ1v) is 11.6. The molecule has 0 spiro atoms. The number of nitrogens with zero attached hydrogens (tertiary/aromatic N) is 2. The highest BCUT2D eigenvalue weighted by Gasteiger charge is 2.24. The molecular weight excluding hydrogens is 410 g/mol. The molecule has 0 saturated heterocycles. The Morgan fingerprint density at radius 3 is 2.19 bits per heavy atom. The van der Waals surface area contributed by atoms with Gasteiger partial charge < -0.3 is 9.47 Å². The van der Waals surface area contributed by atoms with Gasteiger partial charge in [0.2, 0.25) is 0 Å². The van der Waals surface area contributed by atoms with E-state index in [9.17, 15) is 13.2 Å². The minimum absolute atomic E-state index is 0.0667. The minimum atomic E-state index is -3.94. The number of hydrogen-bond donors (Lipinski definition) is 1. The number of nitrogens with one attached hydrogen (secondary N) is 1. The minimum Gasteiger partial charge on any atom is -0.346 e. The first-order chi connectivity index (χ1) is 14.6. The van der Waals surface area contributed by atoms with Gasteiger partial charge >= 0.3 is 0 Å². The van der Waals surface area contributed by atoms with Crippen LogP contribution in [-0.2, 0) is 16.6 Å². The van der Waals surface area contributed by atoms with E-state index in [0.29, 0.717) is 12.1 Å². The van der Waals surface area contributed by atoms with E-state index in [0.717, 1.165) is 17.0 Å². The third-order valence-corrected chi connectivity index (χ3v) is 6.89. The van der Waals surface area contributed by atoms with Crippen molar-refractivity contribution < 1.29 is 13.2 Å². The maximum absolute atomic E-state index is 12.9. The molecule has 31 heavy (non-hydrogen) atoms. The van der Waals surface area contributed by atoms with E-state index in [-0.39, 0.29) is 10.9 Å². The van der Waals surface area contributed by atoms with Gasteiger partial charge in [-0.2, -0.15) is 0 Å². The molecule has 3 rings (SSSR count). The molecule has 164 valence electrons. The molecule has 0 bridgehead atoms. The van der Waals surface area contributed by atoms with Crippen LogP contribution in [0.5, 0.6) is 0 Å². The van der Waals surface area contributed by atoms with Crippen LogP contribution in [-0.4, -0.2) is 37.9 Å². The largest absolute Gasteiger partial charge is 0.346 e. The molecule has 1 N–H and O–H groups in total. The molecule has 0 aliphatic rings. The fraction of sp³-hybridized carbons (Fsp3) is 0.292. The lowest BCUT2D eigenvalue weighted by Gasteiger charge is -2.27. The number of aromatic nitrogens is 1. The summed E-state index contributed by atoms with van der Waals surface area (Å²) in [6.45, 7) is 6.29. The molecule has 0 radical (unpaired) electrons. The summed E-state index contributed by atoms with van der Waals surface area (Å²) in [7, 11) is 0.102. The van der Waals surface area contributed by atoms with Crippen molar-refractivity contribution in [1.82, 2.24) is 14.2 Å². The normalized spacial score (nSPS) is 12.7. The lowest BCUT2D eigenvalue weighted by atomic mass is 10.1. The van der Waals surface area contributed by atoms with Crippen LogP contribution >= 0.6 is 0 Å². The molecule has 0 fully saturated rings. The molecule has 0 saturated carbocycles. The molecule has 0 aliphatic heterocycles. The molecule has 1 atom stereocenters. The Morgan fingerprint density at radius 2 is 1.61 bits per heavy atom. The van der Waals surface area contributed by atoms with E-state index >= 15 is 0 Å². The van der Waals surface area contributed by atoms with Gasteiger partial charge in [-0.15, -0.1) is 0 Å². The Balaban J connectivity index is 1.86. The van der Waals surface area contributed by atoms with Gasteiger partial charge in [0.1, 0.15) is 0 Å². The maximum atomic E-state index is 12.9. The van der Waals surface area contributed by atoms with Crippen molar-refractivity contribution in [2.24, 2.45) is 0 Å². The van der Waals surface area contributed by atoms with Crippen molar-refractivity contribution in [1.29, 1.82) is 0 Å². The second-order valence-electron chi connectivity index (χ2n) is 8.03. The second-order valence-corrected chi connectivity index (χ2v) is 9.72. The number of hydrogen-bond acceptors (Lipinski definition) is 4. The van der Waals surface area contributed by atoms with Crippen molar-refractivity contribution >= 4 is 15.9 Å². The van der Waals surface area contributed by atoms with E-state index in [1.807, 2.05) is 53.1 Å². The van der Waals surface area contributed by atoms with Gasteiger partial charge in [0.25, 0.3) is 15.9 Å². The van der Waals surface area contributed by atoms with Gasteiger partial charge in [-0.05, 0) is 58.6 Å². The standard InChI is InChI=1S/C24H29N3O3S/c1-17-11-13-21(14-12-17)31(29,30)25-24(28)22-15-18(2)27(19(22)3)16-23(26(4)5)20-9-7-6-8-10-20/h6-15,23H,16H2,1-5H3,(H,25,28)/t23-/m0/s1. The summed E-state index contributed by atoms with van der Waals surface area (Å²) < 4.78 is 29.5. The fourth-order valence-corrected chi connectivity index (χ4v) is 4.65. The van der Waals surface area contributed by atoms with Crippen LogP contribution in [0.2, 0.25) is 0 Å². The monoisotopic (exact) mass is 439 g/mol. The van der Waals surface area contributed by atoms with Crippen molar-refractivity contribution in [3.8, 4) is 0 Å². The summed E-state index contributed by atoms with van der Waals surface area (Å²) in [5.74, 6) is -0.624. The number of carbonyl (C=O) groups is 1. The zero-order chi connectivity index (χ0) is 22.8. The fourth-order valence-electron chi connectivity index (χ4n) is 3.68. The summed E-state index contributed by atoms with van der Waals surface area (Å²) >= 11 is 0. The topological polar surface area (TPSA) is 71.4 Å². The van der Waals surface area contributed by atoms with Crippen LogP contribution in [0.15, 0.2) is 65.6 Å². The van der Waals surface area contributed by atoms with Crippen LogP contribution in [0, 0.1) is 20.8 Å². The predicted octanol–water partition coefficient (Wildman–Crippen LogP) is 3.83. The van der Waals surface area contributed by atoms with Crippen LogP contribution in [0.4, 0.5) is 0 Å². The molecule has 1 aromatic heterocycles. The third kappa shape index (κ3) is 5.06. The van der Waals surface area contributed by atoms with Gasteiger partial charge in [0.15, 0.2) is 0 Å². The van der Waals surface area contributed by atoms with Crippen LogP contribution in [0.3, 0.4) is 0 Å². The van der Waals surface area contributed by atoms with E-state index < -0.39 is 15.9 Å². The van der Waals surface area contributed by atoms with Crippen molar-refractivity contribution in [2.45, 2.75) is 38.3 Å². The lowest BCUT2D eigenvalue weighted by molar-refractivity contribution is 0.0980. The molecule has 0 unspecified atom stereocenters. The number of rotatable bonds is 7. The van der Waals surface area contributed by atoms with Crippen LogP contribution in [0.1, 0.15) is 38.9 Å². The van der Waals surface area contributed by atoms with E-state index in [4.69, 9.17) is 0 Å². The summed E-state index contributed by atoms with van der Waals surface area (Å²) in [5, 5.41) is 0. The molecule has 1 heterocycles. The Bertz CT molecular complexity index is 1160. The number of aryl methyl sites for hydroxylation is 2. The molecule has 0 aliphatic carbocycles. The first-order valence-electron chi connectivity index (χ1n) is 10.1. The second kappa shape index (κ2) is 9.08. The van der Waals surface area contributed by atoms with Gasteiger partial charge in [0.05, 0.1) is 16.5 Å². The number of sulfonamides is 1. The quantitative estimate of drug-likeness (QED) is 0.607. The summed E-state index contributed by atoms with van der Waals surface area (Å²) in [6, 6.07) is 18.4. The smallest absolute Gasteiger partial charge is 0.266 e. The molecule has 3 aromatic rings. The molecule has 2 aromatic carbocycles. The number of amides is 1. The zero-order valence-corrected chi connectivity index (χ0v) is 19.4. The Morgan fingerprint density at radius 1 is 1.00 bits per heavy atom. The van der Waals surface area contributed by atoms with Gasteiger partial charge in [-0.1, -0.05) is 48.0 Å². The van der Waals surface area contributed by atoms with Gasteiger partial charge in [-0.25, -0.2) is 13.1 Å². The molecular formula is C24H29N3O3S. The highest BCUT2D eigenvalue weighted by atomic mass is 32.2. The number of likely N-dealkylation sites (N-methyl/N-ethyl adjacent to an activating group) is 1. The third-order valence-electron chi connectivity index (χ3n) is 5.54. The number of carbonyl (C=O) groups excluding carboxylic acids is 1. The lowest BCUT2D eigenvalue weighted by Crippen LogP contribution is -2.31. The van der Waals surface area contributed by atoms with E-state index in [1.165, 1.54) is 17.7 Å². The average molecular weight is 440 g/mol. The van der Waals surface area contributed by atoms with E-state index in [2.05, 4.69) is 26.3 Å². The Kier molecular flexibility index (Phi) is 6.67. The van der Waals surface area contributed by atoms with Crippen molar-refractivity contribution in [3.05, 3.63) is 88.7 Å². The highest BCUT2D eigenvalue weighted by Crippen LogP contribution is 2.24.